The summed E-state index contributed by atoms with van der Waals surface area (Å²) in [4.78, 5) is 22.5. The number of nitrogens with one attached hydrogen (secondary N) is 2. The highest BCUT2D eigenvalue weighted by molar-refractivity contribution is 6.33. The molecule has 3 N–H and O–H groups in total. The summed E-state index contributed by atoms with van der Waals surface area (Å²) in [5, 5.41) is 26.0. The van der Waals surface area contributed by atoms with Gasteiger partial charge in [-0.2, -0.15) is 0 Å². The number of benzene rings is 2. The van der Waals surface area contributed by atoms with Gasteiger partial charge in [-0.25, -0.2) is 4.79 Å². The highest BCUT2D eigenvalue weighted by Gasteiger charge is 2.31. The van der Waals surface area contributed by atoms with Gasteiger partial charge in [-0.15, -0.1) is 0 Å². The summed E-state index contributed by atoms with van der Waals surface area (Å²) in [6.07, 6.45) is 0.467. The van der Waals surface area contributed by atoms with Gasteiger partial charge in [0, 0.05) is 12.1 Å². The Morgan fingerprint density at radius 1 is 1.28 bits per heavy atom. The van der Waals surface area contributed by atoms with E-state index in [1.807, 2.05) is 37.3 Å². The van der Waals surface area contributed by atoms with Crippen molar-refractivity contribution in [2.24, 2.45) is 0 Å². The van der Waals surface area contributed by atoms with E-state index in [2.05, 4.69) is 10.6 Å². The maximum Gasteiger partial charge on any atom is 0.320 e. The largest absolute Gasteiger partial charge is 0.394 e. The fourth-order valence-electron chi connectivity index (χ4n) is 2.45. The Balaban J connectivity index is 2.19. The molecule has 2 rings (SSSR count). The second-order valence-electron chi connectivity index (χ2n) is 5.46. The van der Waals surface area contributed by atoms with Gasteiger partial charge in [0.15, 0.2) is 0 Å². The summed E-state index contributed by atoms with van der Waals surface area (Å²) in [5.41, 5.74) is -0.109. The lowest BCUT2D eigenvalue weighted by Crippen LogP contribution is -2.50. The average Bonchev–Trinajstić information content (AvgIpc) is 2.62. The molecule has 0 heterocycles. The van der Waals surface area contributed by atoms with E-state index >= 15 is 0 Å². The number of nitro groups is 1. The topological polar surface area (TPSA) is 104 Å². The number of hydrogen-bond acceptors (Lipinski definition) is 4. The van der Waals surface area contributed by atoms with Crippen molar-refractivity contribution in [3.8, 4) is 0 Å². The molecule has 2 aromatic carbocycles. The van der Waals surface area contributed by atoms with Crippen LogP contribution in [0.3, 0.4) is 0 Å². The third kappa shape index (κ3) is 4.26. The van der Waals surface area contributed by atoms with Crippen LogP contribution in [-0.4, -0.2) is 22.7 Å². The number of rotatable bonds is 6. The molecular weight excluding hydrogens is 346 g/mol. The summed E-state index contributed by atoms with van der Waals surface area (Å²) < 4.78 is 0. The molecular formula is C17H18ClN3O4. The van der Waals surface area contributed by atoms with Crippen LogP contribution < -0.4 is 10.6 Å². The van der Waals surface area contributed by atoms with Crippen LogP contribution >= 0.6 is 11.6 Å². The second-order valence-corrected chi connectivity index (χ2v) is 5.87. The lowest BCUT2D eigenvalue weighted by atomic mass is 9.88. The molecule has 0 aromatic heterocycles. The van der Waals surface area contributed by atoms with Crippen LogP contribution in [0.2, 0.25) is 5.02 Å². The lowest BCUT2D eigenvalue weighted by Gasteiger charge is -2.32. The minimum absolute atomic E-state index is 0.0511. The van der Waals surface area contributed by atoms with Crippen LogP contribution in [0, 0.1) is 10.1 Å². The standard InChI is InChI=1S/C17H18ClN3O4/c1-2-17(11-22,12-6-4-3-5-7-12)20-16(23)19-15-9-8-13(21(24)25)10-14(15)18/h3-10,22H,2,11H2,1H3,(H2,19,20,23). The van der Waals surface area contributed by atoms with Crippen LogP contribution in [0.25, 0.3) is 0 Å². The molecule has 8 heteroatoms. The molecule has 2 aromatic rings. The van der Waals surface area contributed by atoms with Crippen LogP contribution in [0.1, 0.15) is 18.9 Å². The number of nitro benzene ring substituents is 1. The molecule has 0 saturated carbocycles. The predicted octanol–water partition coefficient (Wildman–Crippen LogP) is 3.67. The monoisotopic (exact) mass is 363 g/mol. The number of hydrogen-bond donors (Lipinski definition) is 3. The zero-order valence-electron chi connectivity index (χ0n) is 13.5. The summed E-state index contributed by atoms with van der Waals surface area (Å²) in [6.45, 7) is 1.57. The summed E-state index contributed by atoms with van der Waals surface area (Å²) >= 11 is 5.98. The van der Waals surface area contributed by atoms with Gasteiger partial charge in [0.05, 0.1) is 27.8 Å². The third-order valence-corrected chi connectivity index (χ3v) is 4.28. The van der Waals surface area contributed by atoms with Crippen molar-refractivity contribution in [1.29, 1.82) is 0 Å². The number of aliphatic hydroxyl groups is 1. The Bertz CT molecular complexity index is 764. The van der Waals surface area contributed by atoms with Crippen LogP contribution in [-0.2, 0) is 5.54 Å². The van der Waals surface area contributed by atoms with E-state index in [-0.39, 0.29) is 23.0 Å². The number of carbonyl (C=O) groups excluding carboxylic acids is 1. The Morgan fingerprint density at radius 2 is 1.96 bits per heavy atom. The maximum atomic E-state index is 12.4. The number of carbonyl (C=O) groups is 1. The first kappa shape index (κ1) is 18.7. The first-order valence-corrected chi connectivity index (χ1v) is 7.99. The van der Waals surface area contributed by atoms with Crippen molar-refractivity contribution in [3.63, 3.8) is 0 Å². The number of non-ortho nitro benzene ring substituents is 1. The van der Waals surface area contributed by atoms with Gasteiger partial charge in [-0.1, -0.05) is 48.9 Å². The summed E-state index contributed by atoms with van der Waals surface area (Å²) in [5.74, 6) is 0. The molecule has 0 spiro atoms. The molecule has 0 aliphatic rings. The number of nitrogens with zero attached hydrogens (tertiary/aromatic N) is 1. The van der Waals surface area contributed by atoms with E-state index in [1.54, 1.807) is 0 Å². The molecule has 0 aliphatic carbocycles. The lowest BCUT2D eigenvalue weighted by molar-refractivity contribution is -0.384. The van der Waals surface area contributed by atoms with Gasteiger partial charge in [0.1, 0.15) is 0 Å². The van der Waals surface area contributed by atoms with Crippen molar-refractivity contribution in [2.75, 3.05) is 11.9 Å². The molecule has 132 valence electrons. The second kappa shape index (κ2) is 7.96. The van der Waals surface area contributed by atoms with Gasteiger partial charge in [0.25, 0.3) is 5.69 Å². The molecule has 1 atom stereocenters. The highest BCUT2D eigenvalue weighted by Crippen LogP contribution is 2.28. The fourth-order valence-corrected chi connectivity index (χ4v) is 2.68. The van der Waals surface area contributed by atoms with Crippen molar-refractivity contribution in [2.45, 2.75) is 18.9 Å². The Kier molecular flexibility index (Phi) is 5.95. The molecule has 0 bridgehead atoms. The van der Waals surface area contributed by atoms with Crippen LogP contribution in [0.5, 0.6) is 0 Å². The van der Waals surface area contributed by atoms with Gasteiger partial charge in [0.2, 0.25) is 0 Å². The van der Waals surface area contributed by atoms with E-state index in [4.69, 9.17) is 11.6 Å². The smallest absolute Gasteiger partial charge is 0.320 e. The van der Waals surface area contributed by atoms with Gasteiger partial charge in [-0.3, -0.25) is 10.1 Å². The molecule has 25 heavy (non-hydrogen) atoms. The summed E-state index contributed by atoms with van der Waals surface area (Å²) in [7, 11) is 0. The first-order valence-electron chi connectivity index (χ1n) is 7.61. The van der Waals surface area contributed by atoms with E-state index in [0.717, 1.165) is 11.6 Å². The highest BCUT2D eigenvalue weighted by atomic mass is 35.5. The summed E-state index contributed by atoms with van der Waals surface area (Å²) in [6, 6.07) is 12.3. The van der Waals surface area contributed by atoms with Crippen LogP contribution in [0.4, 0.5) is 16.2 Å². The van der Waals surface area contributed by atoms with Crippen molar-refractivity contribution >= 4 is 29.0 Å². The van der Waals surface area contributed by atoms with Crippen molar-refractivity contribution in [1.82, 2.24) is 5.32 Å². The molecule has 0 radical (unpaired) electrons. The van der Waals surface area contributed by atoms with Crippen molar-refractivity contribution in [3.05, 3.63) is 69.2 Å². The van der Waals surface area contributed by atoms with E-state index in [0.29, 0.717) is 6.42 Å². The molecule has 2 amide bonds. The predicted molar refractivity (Wildman–Crippen MR) is 95.8 cm³/mol. The number of urea groups is 1. The number of anilines is 1. The number of amides is 2. The zero-order chi connectivity index (χ0) is 18.4. The fraction of sp³-hybridized carbons (Fsp3) is 0.235. The van der Waals surface area contributed by atoms with Gasteiger partial charge < -0.3 is 15.7 Å². The molecule has 0 fully saturated rings. The minimum Gasteiger partial charge on any atom is -0.394 e. The number of aliphatic hydroxyl groups excluding tert-OH is 1. The maximum absolute atomic E-state index is 12.4. The molecule has 0 saturated heterocycles. The first-order chi connectivity index (χ1) is 11.9. The Morgan fingerprint density at radius 3 is 2.48 bits per heavy atom. The van der Waals surface area contributed by atoms with E-state index < -0.39 is 16.5 Å². The normalized spacial score (nSPS) is 12.9. The van der Waals surface area contributed by atoms with Gasteiger partial charge in [-0.05, 0) is 18.1 Å². The zero-order valence-corrected chi connectivity index (χ0v) is 14.3. The SMILES string of the molecule is CCC(CO)(NC(=O)Nc1ccc([N+](=O)[O-])cc1Cl)c1ccccc1. The Labute approximate surface area is 149 Å². The molecule has 7 nitrogen and oxygen atoms in total. The van der Waals surface area contributed by atoms with Crippen molar-refractivity contribution < 1.29 is 14.8 Å². The average molecular weight is 364 g/mol. The molecule has 1 unspecified atom stereocenters. The quantitative estimate of drug-likeness (QED) is 0.538. The minimum atomic E-state index is -0.946. The molecule has 0 aliphatic heterocycles. The number of halogens is 1. The van der Waals surface area contributed by atoms with E-state index in [1.165, 1.54) is 12.1 Å². The van der Waals surface area contributed by atoms with Gasteiger partial charge >= 0.3 is 6.03 Å². The van der Waals surface area contributed by atoms with E-state index in [9.17, 15) is 20.0 Å². The Hall–Kier alpha value is -2.64. The third-order valence-electron chi connectivity index (χ3n) is 3.96. The van der Waals surface area contributed by atoms with Crippen LogP contribution in [0.15, 0.2) is 48.5 Å².